The smallest absolute Gasteiger partial charge is 0.255 e. The molecule has 0 aliphatic carbocycles. The maximum atomic E-state index is 12.6. The molecule has 3 heterocycles. The molecule has 2 fully saturated rings. The number of hydrogen-bond donors (Lipinski definition) is 1. The van der Waals surface area contributed by atoms with Crippen LogP contribution in [0.3, 0.4) is 0 Å². The van der Waals surface area contributed by atoms with Gasteiger partial charge in [0.05, 0.1) is 0 Å². The van der Waals surface area contributed by atoms with Crippen molar-refractivity contribution >= 4 is 17.5 Å². The Bertz CT molecular complexity index is 855. The maximum Gasteiger partial charge on any atom is 0.255 e. The molecule has 4 rings (SSSR count). The largest absolute Gasteiger partial charge is 0.342 e. The van der Waals surface area contributed by atoms with Gasteiger partial charge >= 0.3 is 0 Å². The van der Waals surface area contributed by atoms with Gasteiger partial charge in [-0.1, -0.05) is 12.1 Å². The van der Waals surface area contributed by atoms with Crippen molar-refractivity contribution in [1.82, 2.24) is 14.8 Å². The van der Waals surface area contributed by atoms with E-state index in [0.29, 0.717) is 23.8 Å². The van der Waals surface area contributed by atoms with Gasteiger partial charge in [-0.15, -0.1) is 0 Å². The van der Waals surface area contributed by atoms with Crippen LogP contribution in [0, 0.1) is 5.92 Å². The number of pyridine rings is 1. The van der Waals surface area contributed by atoms with E-state index in [-0.39, 0.29) is 5.91 Å². The Morgan fingerprint density at radius 1 is 1.14 bits per heavy atom. The Morgan fingerprint density at radius 2 is 2.00 bits per heavy atom. The number of benzene rings is 1. The number of aromatic nitrogens is 1. The van der Waals surface area contributed by atoms with Crippen LogP contribution in [0.15, 0.2) is 48.8 Å². The van der Waals surface area contributed by atoms with E-state index in [1.54, 1.807) is 24.5 Å². The second-order valence-electron chi connectivity index (χ2n) is 8.08. The lowest BCUT2D eigenvalue weighted by molar-refractivity contribution is -0.128. The first-order chi connectivity index (χ1) is 14.2. The minimum atomic E-state index is -0.109. The molecule has 2 aliphatic rings. The summed E-state index contributed by atoms with van der Waals surface area (Å²) in [7, 11) is 0. The molecule has 1 N–H and O–H groups in total. The normalized spacial score (nSPS) is 20.1. The zero-order valence-electron chi connectivity index (χ0n) is 16.7. The number of carbonyl (C=O) groups is 2. The Hall–Kier alpha value is -2.73. The van der Waals surface area contributed by atoms with Crippen molar-refractivity contribution < 1.29 is 9.59 Å². The number of anilines is 1. The lowest BCUT2D eigenvalue weighted by Gasteiger charge is -2.34. The van der Waals surface area contributed by atoms with Crippen LogP contribution in [0.5, 0.6) is 0 Å². The van der Waals surface area contributed by atoms with Crippen molar-refractivity contribution in [2.45, 2.75) is 32.2 Å². The highest BCUT2D eigenvalue weighted by atomic mass is 16.2. The average Bonchev–Trinajstić information content (AvgIpc) is 3.14. The quantitative estimate of drug-likeness (QED) is 0.820. The van der Waals surface area contributed by atoms with Gasteiger partial charge < -0.3 is 10.2 Å². The molecule has 29 heavy (non-hydrogen) atoms. The molecule has 2 aromatic rings. The zero-order chi connectivity index (χ0) is 20.1. The van der Waals surface area contributed by atoms with Gasteiger partial charge in [0.2, 0.25) is 5.91 Å². The lowest BCUT2D eigenvalue weighted by atomic mass is 9.97. The molecular formula is C23H28N4O2. The van der Waals surface area contributed by atoms with E-state index in [4.69, 9.17) is 0 Å². The summed E-state index contributed by atoms with van der Waals surface area (Å²) in [6.45, 7) is 4.73. The molecule has 1 aromatic carbocycles. The summed E-state index contributed by atoms with van der Waals surface area (Å²) >= 11 is 0. The fourth-order valence-corrected chi connectivity index (χ4v) is 4.36. The molecule has 6 nitrogen and oxygen atoms in total. The van der Waals surface area contributed by atoms with Gasteiger partial charge in [0, 0.05) is 56.2 Å². The van der Waals surface area contributed by atoms with Crippen molar-refractivity contribution in [3.8, 4) is 0 Å². The first-order valence-corrected chi connectivity index (χ1v) is 10.5. The molecule has 6 heteroatoms. The van der Waals surface area contributed by atoms with Crippen LogP contribution in [0.2, 0.25) is 0 Å². The molecule has 1 atom stereocenters. The predicted octanol–water partition coefficient (Wildman–Crippen LogP) is 3.17. The second-order valence-corrected chi connectivity index (χ2v) is 8.08. The lowest BCUT2D eigenvalue weighted by Crippen LogP contribution is -2.41. The van der Waals surface area contributed by atoms with Crippen LogP contribution in [0.4, 0.5) is 5.69 Å². The number of amides is 2. The van der Waals surface area contributed by atoms with Crippen LogP contribution < -0.4 is 5.32 Å². The van der Waals surface area contributed by atoms with Crippen molar-refractivity contribution in [3.05, 3.63) is 59.9 Å². The van der Waals surface area contributed by atoms with Gasteiger partial charge in [0.1, 0.15) is 0 Å². The fourth-order valence-electron chi connectivity index (χ4n) is 4.36. The second kappa shape index (κ2) is 9.18. The molecule has 0 radical (unpaired) electrons. The molecule has 152 valence electrons. The summed E-state index contributed by atoms with van der Waals surface area (Å²) < 4.78 is 0. The summed E-state index contributed by atoms with van der Waals surface area (Å²) in [5.74, 6) is 0.751. The zero-order valence-corrected chi connectivity index (χ0v) is 16.7. The van der Waals surface area contributed by atoms with Crippen molar-refractivity contribution in [1.29, 1.82) is 0 Å². The van der Waals surface area contributed by atoms with Gasteiger partial charge in [-0.2, -0.15) is 0 Å². The van der Waals surface area contributed by atoms with E-state index >= 15 is 0 Å². The Labute approximate surface area is 171 Å². The van der Waals surface area contributed by atoms with Crippen LogP contribution >= 0.6 is 0 Å². The third-order valence-electron chi connectivity index (χ3n) is 5.79. The fraction of sp³-hybridized carbons (Fsp3) is 0.435. The van der Waals surface area contributed by atoms with E-state index in [1.165, 1.54) is 6.42 Å². The first-order valence-electron chi connectivity index (χ1n) is 10.5. The predicted molar refractivity (Wildman–Crippen MR) is 112 cm³/mol. The topological polar surface area (TPSA) is 65.5 Å². The highest BCUT2D eigenvalue weighted by Gasteiger charge is 2.26. The highest BCUT2D eigenvalue weighted by Crippen LogP contribution is 2.22. The van der Waals surface area contributed by atoms with Crippen molar-refractivity contribution in [2.24, 2.45) is 5.92 Å². The number of piperidine rings is 1. The van der Waals surface area contributed by atoms with Crippen molar-refractivity contribution in [2.75, 3.05) is 31.5 Å². The summed E-state index contributed by atoms with van der Waals surface area (Å²) in [6.07, 6.45) is 7.39. The Morgan fingerprint density at radius 3 is 2.79 bits per heavy atom. The van der Waals surface area contributed by atoms with Crippen LogP contribution in [0.1, 0.15) is 41.6 Å². The molecule has 0 saturated carbocycles. The van der Waals surface area contributed by atoms with Crippen molar-refractivity contribution in [3.63, 3.8) is 0 Å². The standard InChI is InChI=1S/C23H28N4O2/c28-22-7-3-13-27(22)17-19-5-2-12-26(16-19)15-18-4-1-6-20(14-18)23(29)25-21-8-10-24-11-9-21/h1,4,6,8-11,14,19H,2-3,5,7,12-13,15-17H2,(H,24,25,29). The third-order valence-corrected chi connectivity index (χ3v) is 5.79. The maximum absolute atomic E-state index is 12.6. The molecule has 2 saturated heterocycles. The minimum Gasteiger partial charge on any atom is -0.342 e. The average molecular weight is 393 g/mol. The Kier molecular flexibility index (Phi) is 6.20. The number of likely N-dealkylation sites (tertiary alicyclic amines) is 2. The van der Waals surface area contributed by atoms with E-state index in [9.17, 15) is 9.59 Å². The number of nitrogens with one attached hydrogen (secondary N) is 1. The summed E-state index contributed by atoms with van der Waals surface area (Å²) in [6, 6.07) is 11.4. The number of hydrogen-bond acceptors (Lipinski definition) is 4. The van der Waals surface area contributed by atoms with Gasteiger partial charge in [0.15, 0.2) is 0 Å². The van der Waals surface area contributed by atoms with Crippen LogP contribution in [-0.2, 0) is 11.3 Å². The molecule has 0 spiro atoms. The van der Waals surface area contributed by atoms with Gasteiger partial charge in [-0.3, -0.25) is 19.5 Å². The third kappa shape index (κ3) is 5.21. The van der Waals surface area contributed by atoms with Gasteiger partial charge in [-0.05, 0) is 61.6 Å². The molecule has 1 unspecified atom stereocenters. The minimum absolute atomic E-state index is 0.109. The summed E-state index contributed by atoms with van der Waals surface area (Å²) in [5, 5.41) is 2.91. The SMILES string of the molecule is O=C(Nc1ccncc1)c1cccc(CN2CCCC(CN3CCCC3=O)C2)c1. The highest BCUT2D eigenvalue weighted by molar-refractivity contribution is 6.04. The first kappa shape index (κ1) is 19.6. The van der Waals surface area contributed by atoms with E-state index in [2.05, 4.69) is 21.3 Å². The summed E-state index contributed by atoms with van der Waals surface area (Å²) in [4.78, 5) is 32.9. The molecule has 0 bridgehead atoms. The number of rotatable bonds is 6. The van der Waals surface area contributed by atoms with Crippen LogP contribution in [0.25, 0.3) is 0 Å². The number of carbonyl (C=O) groups excluding carboxylic acids is 2. The monoisotopic (exact) mass is 392 g/mol. The molecule has 1 aromatic heterocycles. The van der Waals surface area contributed by atoms with E-state index in [1.807, 2.05) is 23.1 Å². The van der Waals surface area contributed by atoms with Gasteiger partial charge in [0.25, 0.3) is 5.91 Å². The molecule has 2 aliphatic heterocycles. The van der Waals surface area contributed by atoms with Crippen LogP contribution in [-0.4, -0.2) is 52.8 Å². The van der Waals surface area contributed by atoms with Gasteiger partial charge in [-0.25, -0.2) is 0 Å². The summed E-state index contributed by atoms with van der Waals surface area (Å²) in [5.41, 5.74) is 2.55. The molecule has 2 amide bonds. The molecular weight excluding hydrogens is 364 g/mol. The van der Waals surface area contributed by atoms with E-state index in [0.717, 1.165) is 56.8 Å². The Balaban J connectivity index is 1.34. The van der Waals surface area contributed by atoms with E-state index < -0.39 is 0 Å². The number of nitrogens with zero attached hydrogens (tertiary/aromatic N) is 3.